The molecule has 4 heteroatoms. The zero-order chi connectivity index (χ0) is 15.4. The molecule has 0 radical (unpaired) electrons. The Kier molecular flexibility index (Phi) is 4.98. The Bertz CT molecular complexity index is 503. The lowest BCUT2D eigenvalue weighted by molar-refractivity contribution is -0.138. The first-order valence-corrected chi connectivity index (χ1v) is 8.58. The molecule has 0 aliphatic carbocycles. The lowest BCUT2D eigenvalue weighted by Gasteiger charge is -2.35. The van der Waals surface area contributed by atoms with Crippen LogP contribution in [0, 0.1) is 5.92 Å². The normalized spacial score (nSPS) is 21.0. The van der Waals surface area contributed by atoms with Crippen LogP contribution < -0.4 is 5.73 Å². The van der Waals surface area contributed by atoms with Crippen molar-refractivity contribution in [1.29, 1.82) is 0 Å². The number of amides is 1. The van der Waals surface area contributed by atoms with Gasteiger partial charge in [0.2, 0.25) is 5.91 Å². The molecule has 0 atom stereocenters. The minimum absolute atomic E-state index is 0.246. The van der Waals surface area contributed by atoms with Crippen LogP contribution in [0.2, 0.25) is 0 Å². The molecular weight excluding hydrogens is 274 g/mol. The summed E-state index contributed by atoms with van der Waals surface area (Å²) < 4.78 is 0. The predicted molar refractivity (Wildman–Crippen MR) is 89.3 cm³/mol. The Hall–Kier alpha value is -1.55. The number of nitrogens with zero attached hydrogens (tertiary/aromatic N) is 2. The molecule has 1 aromatic carbocycles. The van der Waals surface area contributed by atoms with E-state index in [9.17, 15) is 4.79 Å². The van der Waals surface area contributed by atoms with Gasteiger partial charge in [-0.25, -0.2) is 0 Å². The molecule has 120 valence electrons. The fraction of sp³-hybridized carbons (Fsp3) is 0.611. The van der Waals surface area contributed by atoms with Crippen LogP contribution >= 0.6 is 0 Å². The van der Waals surface area contributed by atoms with Crippen molar-refractivity contribution in [2.24, 2.45) is 5.92 Å². The molecule has 2 aliphatic rings. The number of piperidine rings is 2. The van der Waals surface area contributed by atoms with Crippen LogP contribution in [-0.4, -0.2) is 41.9 Å². The van der Waals surface area contributed by atoms with E-state index in [-0.39, 0.29) is 5.92 Å². The first-order valence-electron chi connectivity index (χ1n) is 8.58. The summed E-state index contributed by atoms with van der Waals surface area (Å²) in [6.45, 7) is 4.92. The molecule has 0 spiro atoms. The Morgan fingerprint density at radius 2 is 1.82 bits per heavy atom. The Morgan fingerprint density at radius 3 is 2.50 bits per heavy atom. The van der Waals surface area contributed by atoms with Gasteiger partial charge in [-0.1, -0.05) is 12.1 Å². The Balaban J connectivity index is 1.48. The number of anilines is 1. The average molecular weight is 301 g/mol. The molecule has 1 amide bonds. The second kappa shape index (κ2) is 7.14. The molecular formula is C18H27N3O. The van der Waals surface area contributed by atoms with Crippen LogP contribution in [0.1, 0.15) is 37.7 Å². The fourth-order valence-electron chi connectivity index (χ4n) is 3.66. The molecule has 2 fully saturated rings. The fourth-order valence-corrected chi connectivity index (χ4v) is 3.66. The van der Waals surface area contributed by atoms with Crippen LogP contribution in [0.5, 0.6) is 0 Å². The third-order valence-corrected chi connectivity index (χ3v) is 4.96. The SMILES string of the molecule is Nc1cccc(CN2CCC(C(=O)N3CCCCC3)CC2)c1. The van der Waals surface area contributed by atoms with E-state index in [4.69, 9.17) is 5.73 Å². The van der Waals surface area contributed by atoms with Gasteiger partial charge in [-0.15, -0.1) is 0 Å². The van der Waals surface area contributed by atoms with E-state index in [1.807, 2.05) is 18.2 Å². The maximum atomic E-state index is 12.6. The van der Waals surface area contributed by atoms with Gasteiger partial charge < -0.3 is 10.6 Å². The summed E-state index contributed by atoms with van der Waals surface area (Å²) in [7, 11) is 0. The number of likely N-dealkylation sites (tertiary alicyclic amines) is 2. The van der Waals surface area contributed by atoms with Crippen LogP contribution in [0.4, 0.5) is 5.69 Å². The van der Waals surface area contributed by atoms with Crippen molar-refractivity contribution >= 4 is 11.6 Å². The van der Waals surface area contributed by atoms with E-state index in [1.54, 1.807) is 0 Å². The molecule has 0 bridgehead atoms. The molecule has 4 nitrogen and oxygen atoms in total. The minimum atomic E-state index is 0.246. The Morgan fingerprint density at radius 1 is 1.09 bits per heavy atom. The Labute approximate surface area is 133 Å². The minimum Gasteiger partial charge on any atom is -0.399 e. The van der Waals surface area contributed by atoms with Crippen LogP contribution in [0.3, 0.4) is 0 Å². The molecule has 2 heterocycles. The van der Waals surface area contributed by atoms with Gasteiger partial charge in [-0.2, -0.15) is 0 Å². The highest BCUT2D eigenvalue weighted by Gasteiger charge is 2.29. The van der Waals surface area contributed by atoms with Crippen LogP contribution in [0.25, 0.3) is 0 Å². The van der Waals surface area contributed by atoms with Crippen molar-refractivity contribution in [3.8, 4) is 0 Å². The summed E-state index contributed by atoms with van der Waals surface area (Å²) in [5, 5.41) is 0. The quantitative estimate of drug-likeness (QED) is 0.873. The van der Waals surface area contributed by atoms with E-state index < -0.39 is 0 Å². The first-order chi connectivity index (χ1) is 10.7. The average Bonchev–Trinajstić information content (AvgIpc) is 2.56. The summed E-state index contributed by atoms with van der Waals surface area (Å²) in [6.07, 6.45) is 5.64. The van der Waals surface area contributed by atoms with Crippen molar-refractivity contribution in [1.82, 2.24) is 9.80 Å². The van der Waals surface area contributed by atoms with E-state index >= 15 is 0 Å². The van der Waals surface area contributed by atoms with Crippen LogP contribution in [-0.2, 0) is 11.3 Å². The maximum absolute atomic E-state index is 12.6. The molecule has 3 rings (SSSR count). The maximum Gasteiger partial charge on any atom is 0.225 e. The molecule has 2 aliphatic heterocycles. The number of hydrogen-bond acceptors (Lipinski definition) is 3. The van der Waals surface area contributed by atoms with Gasteiger partial charge in [0.15, 0.2) is 0 Å². The molecule has 22 heavy (non-hydrogen) atoms. The predicted octanol–water partition coefficient (Wildman–Crippen LogP) is 2.49. The van der Waals surface area contributed by atoms with Gasteiger partial charge >= 0.3 is 0 Å². The third kappa shape index (κ3) is 3.80. The zero-order valence-corrected chi connectivity index (χ0v) is 13.3. The lowest BCUT2D eigenvalue weighted by atomic mass is 9.94. The molecule has 1 aromatic rings. The van der Waals surface area contributed by atoms with Crippen molar-refractivity contribution in [2.45, 2.75) is 38.6 Å². The lowest BCUT2D eigenvalue weighted by Crippen LogP contribution is -2.44. The van der Waals surface area contributed by atoms with Crippen molar-refractivity contribution in [3.63, 3.8) is 0 Å². The van der Waals surface area contributed by atoms with Gasteiger partial charge in [0.05, 0.1) is 0 Å². The first kappa shape index (κ1) is 15.3. The van der Waals surface area contributed by atoms with E-state index in [1.165, 1.54) is 24.8 Å². The number of rotatable bonds is 3. The summed E-state index contributed by atoms with van der Waals surface area (Å²) >= 11 is 0. The van der Waals surface area contributed by atoms with E-state index in [0.29, 0.717) is 5.91 Å². The number of carbonyl (C=O) groups is 1. The number of nitrogens with two attached hydrogens (primary N) is 1. The highest BCUT2D eigenvalue weighted by molar-refractivity contribution is 5.79. The second-order valence-corrected chi connectivity index (χ2v) is 6.68. The summed E-state index contributed by atoms with van der Waals surface area (Å²) in [5.41, 5.74) is 7.93. The van der Waals surface area contributed by atoms with Crippen molar-refractivity contribution < 1.29 is 4.79 Å². The van der Waals surface area contributed by atoms with Crippen molar-refractivity contribution in [2.75, 3.05) is 31.9 Å². The highest BCUT2D eigenvalue weighted by Crippen LogP contribution is 2.23. The summed E-state index contributed by atoms with van der Waals surface area (Å²) in [5.74, 6) is 0.651. The summed E-state index contributed by atoms with van der Waals surface area (Å²) in [6, 6.07) is 8.11. The van der Waals surface area contributed by atoms with Gasteiger partial charge in [0, 0.05) is 31.2 Å². The molecule has 2 saturated heterocycles. The highest BCUT2D eigenvalue weighted by atomic mass is 16.2. The van der Waals surface area contributed by atoms with E-state index in [0.717, 1.165) is 51.3 Å². The number of carbonyl (C=O) groups excluding carboxylic acids is 1. The van der Waals surface area contributed by atoms with Gasteiger partial charge in [-0.3, -0.25) is 9.69 Å². The topological polar surface area (TPSA) is 49.6 Å². The van der Waals surface area contributed by atoms with Crippen LogP contribution in [0.15, 0.2) is 24.3 Å². The number of hydrogen-bond donors (Lipinski definition) is 1. The molecule has 0 aromatic heterocycles. The van der Waals surface area contributed by atoms with Crippen molar-refractivity contribution in [3.05, 3.63) is 29.8 Å². The largest absolute Gasteiger partial charge is 0.399 e. The summed E-state index contributed by atoms with van der Waals surface area (Å²) in [4.78, 5) is 17.1. The molecule has 0 saturated carbocycles. The van der Waals surface area contributed by atoms with Gasteiger partial charge in [0.25, 0.3) is 0 Å². The standard InChI is InChI=1S/C18H27N3O/c19-17-6-4-5-15(13-17)14-20-11-7-16(8-12-20)18(22)21-9-2-1-3-10-21/h4-6,13,16H,1-3,7-12,14,19H2. The number of benzene rings is 1. The second-order valence-electron chi connectivity index (χ2n) is 6.68. The monoisotopic (exact) mass is 301 g/mol. The zero-order valence-electron chi connectivity index (χ0n) is 13.3. The molecule has 0 unspecified atom stereocenters. The van der Waals surface area contributed by atoms with Gasteiger partial charge in [-0.05, 0) is 62.9 Å². The van der Waals surface area contributed by atoms with E-state index in [2.05, 4.69) is 15.9 Å². The molecule has 2 N–H and O–H groups in total. The third-order valence-electron chi connectivity index (χ3n) is 4.96. The smallest absolute Gasteiger partial charge is 0.225 e. The van der Waals surface area contributed by atoms with Gasteiger partial charge in [0.1, 0.15) is 0 Å². The number of nitrogen functional groups attached to an aromatic ring is 1.